The number of nitrogens with zero attached hydrogens (tertiary/aromatic N) is 4. The van der Waals surface area contributed by atoms with Crippen molar-refractivity contribution in [3.63, 3.8) is 0 Å². The number of carbonyl (C=O) groups is 1. The number of morpholine rings is 1. The first-order chi connectivity index (χ1) is 15.7. The van der Waals surface area contributed by atoms with Gasteiger partial charge in [-0.3, -0.25) is 4.79 Å². The lowest BCUT2D eigenvalue weighted by Crippen LogP contribution is -2.41. The smallest absolute Gasteiger partial charge is 0.222 e. The van der Waals surface area contributed by atoms with Crippen molar-refractivity contribution in [1.29, 1.82) is 0 Å². The van der Waals surface area contributed by atoms with Crippen LogP contribution < -0.4 is 9.64 Å². The SMILES string of the molecule is CCCCCC(=O)N1CCc2nc(Cc3ccc(OC)cc3)nc(N3CCOCC3)c2C1. The molecule has 1 aromatic heterocycles. The Hall–Kier alpha value is -2.67. The van der Waals surface area contributed by atoms with E-state index in [9.17, 15) is 4.79 Å². The standard InChI is InChI=1S/C25H34N4O3/c1-3-4-5-6-24(30)29-12-11-22-21(18-29)25(28-13-15-32-16-14-28)27-23(26-22)17-19-7-9-20(31-2)10-8-19/h7-10H,3-6,11-18H2,1-2H3. The molecule has 0 atom stereocenters. The number of amides is 1. The fraction of sp³-hybridized carbons (Fsp3) is 0.560. The summed E-state index contributed by atoms with van der Waals surface area (Å²) < 4.78 is 10.8. The molecule has 32 heavy (non-hydrogen) atoms. The molecule has 4 rings (SSSR count). The first-order valence-corrected chi connectivity index (χ1v) is 11.8. The van der Waals surface area contributed by atoms with Gasteiger partial charge in [0.15, 0.2) is 0 Å². The normalized spacial score (nSPS) is 16.1. The van der Waals surface area contributed by atoms with Gasteiger partial charge in [-0.15, -0.1) is 0 Å². The molecule has 2 aliphatic rings. The first kappa shape index (κ1) is 22.5. The number of benzene rings is 1. The number of carbonyl (C=O) groups excluding carboxylic acids is 1. The molecule has 0 bridgehead atoms. The molecule has 1 amide bonds. The number of ether oxygens (including phenoxy) is 2. The summed E-state index contributed by atoms with van der Waals surface area (Å²) in [5.41, 5.74) is 3.35. The molecule has 1 saturated heterocycles. The molecule has 0 N–H and O–H groups in total. The molecule has 0 aliphatic carbocycles. The van der Waals surface area contributed by atoms with Crippen molar-refractivity contribution >= 4 is 11.7 Å². The van der Waals surface area contributed by atoms with Crippen molar-refractivity contribution in [2.45, 2.75) is 52.0 Å². The summed E-state index contributed by atoms with van der Waals surface area (Å²) in [5.74, 6) is 2.91. The van der Waals surface area contributed by atoms with Crippen molar-refractivity contribution < 1.29 is 14.3 Å². The second kappa shape index (κ2) is 10.8. The van der Waals surface area contributed by atoms with Crippen LogP contribution in [0.4, 0.5) is 5.82 Å². The van der Waals surface area contributed by atoms with E-state index in [4.69, 9.17) is 19.4 Å². The molecule has 2 aromatic rings. The zero-order chi connectivity index (χ0) is 22.3. The van der Waals surface area contributed by atoms with Gasteiger partial charge in [-0.2, -0.15) is 0 Å². The Bertz CT molecular complexity index is 910. The minimum atomic E-state index is 0.249. The zero-order valence-electron chi connectivity index (χ0n) is 19.3. The molecule has 7 heteroatoms. The number of rotatable bonds is 8. The Balaban J connectivity index is 1.58. The molecular formula is C25H34N4O3. The number of anilines is 1. The van der Waals surface area contributed by atoms with Crippen LogP contribution in [0, 0.1) is 0 Å². The number of hydrogen-bond donors (Lipinski definition) is 0. The summed E-state index contributed by atoms with van der Waals surface area (Å²) in [6.07, 6.45) is 5.28. The van der Waals surface area contributed by atoms with Crippen LogP contribution in [0.3, 0.4) is 0 Å². The molecule has 0 radical (unpaired) electrons. The summed E-state index contributed by atoms with van der Waals surface area (Å²) in [4.78, 5) is 27.0. The van der Waals surface area contributed by atoms with E-state index in [2.05, 4.69) is 24.0 Å². The second-order valence-corrected chi connectivity index (χ2v) is 8.54. The number of hydrogen-bond acceptors (Lipinski definition) is 6. The van der Waals surface area contributed by atoms with E-state index in [1.54, 1.807) is 7.11 Å². The number of fused-ring (bicyclic) bond motifs is 1. The minimum Gasteiger partial charge on any atom is -0.497 e. The summed E-state index contributed by atoms with van der Waals surface area (Å²) in [6, 6.07) is 8.07. The van der Waals surface area contributed by atoms with Gasteiger partial charge < -0.3 is 19.3 Å². The molecule has 1 aromatic carbocycles. The van der Waals surface area contributed by atoms with E-state index in [0.29, 0.717) is 32.6 Å². The van der Waals surface area contributed by atoms with Gasteiger partial charge in [0, 0.05) is 44.5 Å². The molecule has 7 nitrogen and oxygen atoms in total. The zero-order valence-corrected chi connectivity index (χ0v) is 19.3. The Morgan fingerprint density at radius 2 is 1.88 bits per heavy atom. The van der Waals surface area contributed by atoms with Gasteiger partial charge >= 0.3 is 0 Å². The predicted molar refractivity (Wildman–Crippen MR) is 124 cm³/mol. The lowest BCUT2D eigenvalue weighted by atomic mass is 10.0. The van der Waals surface area contributed by atoms with Crippen molar-refractivity contribution in [3.8, 4) is 5.75 Å². The molecule has 0 unspecified atom stereocenters. The number of aromatic nitrogens is 2. The van der Waals surface area contributed by atoms with Crippen LogP contribution in [0.25, 0.3) is 0 Å². The van der Waals surface area contributed by atoms with Crippen LogP contribution in [0.2, 0.25) is 0 Å². The van der Waals surface area contributed by atoms with Gasteiger partial charge in [0.1, 0.15) is 17.4 Å². The highest BCUT2D eigenvalue weighted by Gasteiger charge is 2.28. The monoisotopic (exact) mass is 438 g/mol. The lowest BCUT2D eigenvalue weighted by Gasteiger charge is -2.34. The summed E-state index contributed by atoms with van der Waals surface area (Å²) in [5, 5.41) is 0. The topological polar surface area (TPSA) is 67.8 Å². The van der Waals surface area contributed by atoms with Crippen molar-refractivity contribution in [1.82, 2.24) is 14.9 Å². The largest absolute Gasteiger partial charge is 0.497 e. The molecule has 0 spiro atoms. The number of unbranched alkanes of at least 4 members (excludes halogenated alkanes) is 2. The van der Waals surface area contributed by atoms with Gasteiger partial charge in [-0.25, -0.2) is 9.97 Å². The highest BCUT2D eigenvalue weighted by molar-refractivity contribution is 5.76. The second-order valence-electron chi connectivity index (χ2n) is 8.54. The Kier molecular flexibility index (Phi) is 7.58. The maximum atomic E-state index is 12.8. The molecule has 172 valence electrons. The maximum Gasteiger partial charge on any atom is 0.222 e. The molecule has 2 aliphatic heterocycles. The lowest BCUT2D eigenvalue weighted by molar-refractivity contribution is -0.132. The average molecular weight is 439 g/mol. The average Bonchev–Trinajstić information content (AvgIpc) is 2.84. The highest BCUT2D eigenvalue weighted by Crippen LogP contribution is 2.29. The summed E-state index contributed by atoms with van der Waals surface area (Å²) in [7, 11) is 1.67. The number of methoxy groups -OCH3 is 1. The Morgan fingerprint density at radius 1 is 1.09 bits per heavy atom. The van der Waals surface area contributed by atoms with Crippen LogP contribution >= 0.6 is 0 Å². The van der Waals surface area contributed by atoms with Gasteiger partial charge in [-0.05, 0) is 24.1 Å². The van der Waals surface area contributed by atoms with Crippen molar-refractivity contribution in [3.05, 3.63) is 46.9 Å². The predicted octanol–water partition coefficient (Wildman–Crippen LogP) is 3.38. The fourth-order valence-electron chi connectivity index (χ4n) is 4.39. The van der Waals surface area contributed by atoms with Crippen LogP contribution in [0.1, 0.15) is 55.3 Å². The highest BCUT2D eigenvalue weighted by atomic mass is 16.5. The minimum absolute atomic E-state index is 0.249. The summed E-state index contributed by atoms with van der Waals surface area (Å²) >= 11 is 0. The van der Waals surface area contributed by atoms with Crippen molar-refractivity contribution in [2.75, 3.05) is 44.9 Å². The summed E-state index contributed by atoms with van der Waals surface area (Å²) in [6.45, 7) is 6.54. The third-order valence-electron chi connectivity index (χ3n) is 6.26. The Morgan fingerprint density at radius 3 is 2.59 bits per heavy atom. The van der Waals surface area contributed by atoms with E-state index in [-0.39, 0.29) is 5.91 Å². The van der Waals surface area contributed by atoms with E-state index in [1.165, 1.54) is 0 Å². The van der Waals surface area contributed by atoms with E-state index >= 15 is 0 Å². The molecule has 1 fully saturated rings. The molecular weight excluding hydrogens is 404 g/mol. The van der Waals surface area contributed by atoms with Crippen LogP contribution in [0.15, 0.2) is 24.3 Å². The van der Waals surface area contributed by atoms with Gasteiger partial charge in [0.2, 0.25) is 5.91 Å². The van der Waals surface area contributed by atoms with Gasteiger partial charge in [-0.1, -0.05) is 31.9 Å². The van der Waals surface area contributed by atoms with Gasteiger partial charge in [0.05, 0.1) is 32.6 Å². The van der Waals surface area contributed by atoms with Crippen LogP contribution in [-0.2, 0) is 28.9 Å². The van der Waals surface area contributed by atoms with E-state index < -0.39 is 0 Å². The fourth-order valence-corrected chi connectivity index (χ4v) is 4.39. The van der Waals surface area contributed by atoms with Crippen molar-refractivity contribution in [2.24, 2.45) is 0 Å². The van der Waals surface area contributed by atoms with E-state index in [1.807, 2.05) is 17.0 Å². The van der Waals surface area contributed by atoms with Gasteiger partial charge in [0.25, 0.3) is 0 Å². The van der Waals surface area contributed by atoms with Crippen LogP contribution in [0.5, 0.6) is 5.75 Å². The maximum absolute atomic E-state index is 12.8. The quantitative estimate of drug-likeness (QED) is 0.589. The third-order valence-corrected chi connectivity index (χ3v) is 6.26. The first-order valence-electron chi connectivity index (χ1n) is 11.8. The van der Waals surface area contributed by atoms with E-state index in [0.717, 1.165) is 79.5 Å². The van der Waals surface area contributed by atoms with Crippen LogP contribution in [-0.4, -0.2) is 60.7 Å². The Labute approximate surface area is 190 Å². The molecule has 0 saturated carbocycles. The third kappa shape index (κ3) is 5.38. The molecule has 3 heterocycles.